The second-order valence-corrected chi connectivity index (χ2v) is 11.3. The van der Waals surface area contributed by atoms with E-state index in [9.17, 15) is 0 Å². The molecule has 7 rings (SSSR count). The smallest absolute Gasteiger partial charge is 0.310 e. The summed E-state index contributed by atoms with van der Waals surface area (Å²) in [6.07, 6.45) is 8.79. The van der Waals surface area contributed by atoms with Crippen LogP contribution in [0.3, 0.4) is 0 Å². The Hall–Kier alpha value is -4.04. The van der Waals surface area contributed by atoms with Crippen LogP contribution in [-0.4, -0.2) is 6.04 Å². The number of benzene rings is 5. The Kier molecular flexibility index (Phi) is 5.89. The lowest BCUT2D eigenvalue weighted by atomic mass is 9.99. The summed E-state index contributed by atoms with van der Waals surface area (Å²) in [4.78, 5) is 0. The zero-order valence-electron chi connectivity index (χ0n) is 21.2. The van der Waals surface area contributed by atoms with Gasteiger partial charge < -0.3 is 8.39 Å². The Labute approximate surface area is 222 Å². The van der Waals surface area contributed by atoms with E-state index in [1.165, 1.54) is 27.1 Å². The van der Waals surface area contributed by atoms with E-state index >= 15 is 0 Å². The van der Waals surface area contributed by atoms with Crippen LogP contribution in [0.25, 0.3) is 43.5 Å². The molecule has 0 N–H and O–H groups in total. The summed E-state index contributed by atoms with van der Waals surface area (Å²) >= 11 is 0. The largest absolute Gasteiger partial charge is 0.408 e. The molecule has 1 heterocycles. The monoisotopic (exact) mass is 513 g/mol. The van der Waals surface area contributed by atoms with Gasteiger partial charge in [0.15, 0.2) is 0 Å². The Morgan fingerprint density at radius 3 is 1.76 bits per heavy atom. The first-order valence-electron chi connectivity index (χ1n) is 13.1. The summed E-state index contributed by atoms with van der Waals surface area (Å²) in [5, 5.41) is 6.94. The molecule has 1 aliphatic rings. The zero-order valence-corrected chi connectivity index (χ0v) is 22.1. The van der Waals surface area contributed by atoms with Crippen LogP contribution >= 0.6 is 8.16 Å². The fraction of sp³-hybridized carbons (Fsp3) is 0.118. The molecule has 0 spiro atoms. The molecule has 0 saturated heterocycles. The molecule has 3 nitrogen and oxygen atoms in total. The SMILES string of the molecule is C[C@H](C1C=CC=C1)N(Cc1ccccc1)p1oc2ccc3ccccc3c2c2c(ccc3ccccc32)o1. The fourth-order valence-corrected chi connectivity index (χ4v) is 7.17. The van der Waals surface area contributed by atoms with Crippen molar-refractivity contribution in [3.63, 3.8) is 0 Å². The van der Waals surface area contributed by atoms with Crippen LogP contribution in [0.1, 0.15) is 12.5 Å². The molecule has 1 atom stereocenters. The van der Waals surface area contributed by atoms with Crippen molar-refractivity contribution in [1.29, 1.82) is 0 Å². The van der Waals surface area contributed by atoms with Gasteiger partial charge in [-0.2, -0.15) is 4.67 Å². The van der Waals surface area contributed by atoms with E-state index in [2.05, 4.69) is 139 Å². The minimum absolute atomic E-state index is 0.183. The third-order valence-electron chi connectivity index (χ3n) is 7.59. The highest BCUT2D eigenvalue weighted by Crippen LogP contribution is 2.43. The van der Waals surface area contributed by atoms with Crippen LogP contribution in [0.2, 0.25) is 0 Å². The predicted molar refractivity (Wildman–Crippen MR) is 161 cm³/mol. The van der Waals surface area contributed by atoms with E-state index in [0.29, 0.717) is 5.92 Å². The summed E-state index contributed by atoms with van der Waals surface area (Å²) in [6.45, 7) is 3.01. The van der Waals surface area contributed by atoms with Crippen molar-refractivity contribution in [2.45, 2.75) is 19.5 Å². The lowest BCUT2D eigenvalue weighted by molar-refractivity contribution is 0.547. The van der Waals surface area contributed by atoms with Gasteiger partial charge in [0, 0.05) is 29.3 Å². The first-order valence-corrected chi connectivity index (χ1v) is 14.2. The molecule has 6 aromatic rings. The number of hydrogen-bond acceptors (Lipinski definition) is 3. The minimum atomic E-state index is -1.46. The van der Waals surface area contributed by atoms with Crippen LogP contribution in [0, 0.1) is 5.92 Å². The first kappa shape index (κ1) is 23.1. The van der Waals surface area contributed by atoms with Crippen LogP contribution in [0.15, 0.2) is 136 Å². The summed E-state index contributed by atoms with van der Waals surface area (Å²) < 4.78 is 16.3. The maximum atomic E-state index is 6.93. The molecule has 0 bridgehead atoms. The lowest BCUT2D eigenvalue weighted by Crippen LogP contribution is -2.34. The molecule has 0 aliphatic heterocycles. The van der Waals surface area contributed by atoms with Crippen LogP contribution in [0.5, 0.6) is 0 Å². The van der Waals surface area contributed by atoms with Gasteiger partial charge in [-0.3, -0.25) is 0 Å². The van der Waals surface area contributed by atoms with E-state index < -0.39 is 8.16 Å². The second-order valence-electron chi connectivity index (χ2n) is 9.91. The van der Waals surface area contributed by atoms with Crippen molar-refractivity contribution in [3.05, 3.63) is 133 Å². The number of allylic oxidation sites excluding steroid dienone is 2. The maximum Gasteiger partial charge on any atom is 0.310 e. The van der Waals surface area contributed by atoms with Gasteiger partial charge in [-0.1, -0.05) is 115 Å². The molecular weight excluding hydrogens is 485 g/mol. The molecule has 4 heteroatoms. The quantitative estimate of drug-likeness (QED) is 0.230. The molecule has 0 saturated carbocycles. The third kappa shape index (κ3) is 4.05. The van der Waals surface area contributed by atoms with Gasteiger partial charge in [-0.25, -0.2) is 0 Å². The summed E-state index contributed by atoms with van der Waals surface area (Å²) in [7, 11) is -1.46. The number of rotatable bonds is 5. The number of nitrogens with zero attached hydrogens (tertiary/aromatic N) is 1. The highest BCUT2D eigenvalue weighted by atomic mass is 31.1. The van der Waals surface area contributed by atoms with E-state index in [1.54, 1.807) is 0 Å². The highest BCUT2D eigenvalue weighted by molar-refractivity contribution is 7.39. The molecule has 5 aromatic carbocycles. The van der Waals surface area contributed by atoms with E-state index in [-0.39, 0.29) is 6.04 Å². The van der Waals surface area contributed by atoms with E-state index in [4.69, 9.17) is 8.39 Å². The molecule has 0 unspecified atom stereocenters. The average molecular weight is 514 g/mol. The second kappa shape index (κ2) is 9.68. The molecule has 1 aliphatic carbocycles. The van der Waals surface area contributed by atoms with Gasteiger partial charge >= 0.3 is 8.16 Å². The maximum absolute atomic E-state index is 6.93. The number of fused-ring (bicyclic) bond motifs is 7. The van der Waals surface area contributed by atoms with Gasteiger partial charge in [-0.05, 0) is 46.2 Å². The molecule has 186 valence electrons. The number of hydrogen-bond donors (Lipinski definition) is 0. The van der Waals surface area contributed by atoms with Gasteiger partial charge in [-0.15, -0.1) is 0 Å². The van der Waals surface area contributed by atoms with Gasteiger partial charge in [0.2, 0.25) is 0 Å². The van der Waals surface area contributed by atoms with Gasteiger partial charge in [0.25, 0.3) is 0 Å². The first-order chi connectivity index (χ1) is 18.8. The molecule has 0 fully saturated rings. The van der Waals surface area contributed by atoms with Crippen molar-refractivity contribution < 1.29 is 8.39 Å². The van der Waals surface area contributed by atoms with Crippen molar-refractivity contribution in [2.24, 2.45) is 5.92 Å². The summed E-state index contributed by atoms with van der Waals surface area (Å²) in [5.41, 5.74) is 2.97. The van der Waals surface area contributed by atoms with Crippen LogP contribution in [0.4, 0.5) is 0 Å². The lowest BCUT2D eigenvalue weighted by Gasteiger charge is -2.28. The van der Waals surface area contributed by atoms with Crippen molar-refractivity contribution in [3.8, 4) is 0 Å². The normalized spacial score (nSPS) is 14.4. The zero-order chi connectivity index (χ0) is 25.5. The molecule has 0 amide bonds. The van der Waals surface area contributed by atoms with Crippen LogP contribution < -0.4 is 4.67 Å². The van der Waals surface area contributed by atoms with E-state index in [0.717, 1.165) is 28.5 Å². The Morgan fingerprint density at radius 1 is 0.658 bits per heavy atom. The highest BCUT2D eigenvalue weighted by Gasteiger charge is 2.27. The standard InChI is InChI=1S/C34H28NO2P/c1-24(26-13-5-6-14-26)35(23-25-11-3-2-4-12-25)38-36-31-21-19-27-15-7-9-17-29(27)33(31)34-30-18-10-8-16-28(30)20-22-32(34)37-38/h2-22,24,26H,23H2,1H3/t24-/m1/s1. The minimum Gasteiger partial charge on any atom is -0.408 e. The Balaban J connectivity index is 1.57. The van der Waals surface area contributed by atoms with Crippen molar-refractivity contribution >= 4 is 51.6 Å². The summed E-state index contributed by atoms with van der Waals surface area (Å²) in [6, 6.07) is 36.4. The van der Waals surface area contributed by atoms with Gasteiger partial charge in [0.05, 0.1) is 0 Å². The topological polar surface area (TPSA) is 29.5 Å². The molecule has 38 heavy (non-hydrogen) atoms. The Morgan fingerprint density at radius 2 is 1.18 bits per heavy atom. The molecular formula is C34H28NO2P. The third-order valence-corrected chi connectivity index (χ3v) is 9.22. The van der Waals surface area contributed by atoms with E-state index in [1.807, 2.05) is 0 Å². The van der Waals surface area contributed by atoms with Crippen molar-refractivity contribution in [2.75, 3.05) is 4.67 Å². The van der Waals surface area contributed by atoms with Gasteiger partial charge in [0.1, 0.15) is 11.2 Å². The molecule has 1 aromatic heterocycles. The Bertz CT molecular complexity index is 1780. The predicted octanol–water partition coefficient (Wildman–Crippen LogP) is 9.87. The fourth-order valence-electron chi connectivity index (χ4n) is 5.55. The average Bonchev–Trinajstić information content (AvgIpc) is 3.45. The van der Waals surface area contributed by atoms with Crippen molar-refractivity contribution in [1.82, 2.24) is 0 Å². The van der Waals surface area contributed by atoms with Crippen LogP contribution in [-0.2, 0) is 6.54 Å². The summed E-state index contributed by atoms with van der Waals surface area (Å²) in [5.74, 6) is 0.295. The molecule has 0 radical (unpaired) electrons.